The van der Waals surface area contributed by atoms with Crippen LogP contribution in [0.3, 0.4) is 0 Å². The van der Waals surface area contributed by atoms with Crippen molar-refractivity contribution < 1.29 is 24.2 Å². The lowest BCUT2D eigenvalue weighted by Gasteiger charge is -2.34. The van der Waals surface area contributed by atoms with Crippen LogP contribution in [0, 0.1) is 5.92 Å². The molecule has 30 heavy (non-hydrogen) atoms. The number of aliphatic hydroxyl groups is 1. The third-order valence-electron chi connectivity index (χ3n) is 5.70. The maximum Gasteiger partial charge on any atom is 0.409 e. The molecule has 1 fully saturated rings. The highest BCUT2D eigenvalue weighted by Gasteiger charge is 2.35. The van der Waals surface area contributed by atoms with Crippen LogP contribution in [0.25, 0.3) is 11.1 Å². The van der Waals surface area contributed by atoms with Gasteiger partial charge < -0.3 is 19.5 Å². The molecule has 4 rings (SSSR count). The number of hydrogen-bond acceptors (Lipinski definition) is 5. The van der Waals surface area contributed by atoms with Crippen molar-refractivity contribution >= 4 is 12.1 Å². The van der Waals surface area contributed by atoms with Crippen molar-refractivity contribution in [1.82, 2.24) is 4.90 Å². The first-order chi connectivity index (χ1) is 14.6. The summed E-state index contributed by atoms with van der Waals surface area (Å²) in [5, 5.41) is 10.1. The maximum atomic E-state index is 12.7. The highest BCUT2D eigenvalue weighted by Crippen LogP contribution is 2.44. The zero-order valence-corrected chi connectivity index (χ0v) is 16.7. The number of benzene rings is 2. The summed E-state index contributed by atoms with van der Waals surface area (Å²) in [6.45, 7) is 4.14. The summed E-state index contributed by atoms with van der Waals surface area (Å²) < 4.78 is 10.7. The zero-order chi connectivity index (χ0) is 21.1. The molecular weight excluding hydrogens is 382 g/mol. The van der Waals surface area contributed by atoms with Crippen LogP contribution in [-0.2, 0) is 14.3 Å². The highest BCUT2D eigenvalue weighted by molar-refractivity contribution is 5.79. The molecule has 0 bridgehead atoms. The number of esters is 1. The van der Waals surface area contributed by atoms with Crippen molar-refractivity contribution in [3.8, 4) is 11.1 Å². The van der Waals surface area contributed by atoms with E-state index in [4.69, 9.17) is 9.47 Å². The topological polar surface area (TPSA) is 76.1 Å². The molecule has 1 heterocycles. The predicted octanol–water partition coefficient (Wildman–Crippen LogP) is 3.35. The van der Waals surface area contributed by atoms with Crippen LogP contribution >= 0.6 is 0 Å². The van der Waals surface area contributed by atoms with E-state index >= 15 is 0 Å². The van der Waals surface area contributed by atoms with Crippen molar-refractivity contribution in [1.29, 1.82) is 0 Å². The van der Waals surface area contributed by atoms with E-state index in [2.05, 4.69) is 30.8 Å². The first-order valence-electron chi connectivity index (χ1n) is 10.1. The third kappa shape index (κ3) is 3.96. The van der Waals surface area contributed by atoms with Gasteiger partial charge in [-0.1, -0.05) is 61.2 Å². The van der Waals surface area contributed by atoms with E-state index in [1.165, 1.54) is 11.0 Å². The Morgan fingerprint density at radius 3 is 2.30 bits per heavy atom. The van der Waals surface area contributed by atoms with Crippen LogP contribution in [0.4, 0.5) is 4.79 Å². The molecular formula is C24H25NO5. The Kier molecular flexibility index (Phi) is 5.86. The van der Waals surface area contributed by atoms with Gasteiger partial charge >= 0.3 is 12.1 Å². The molecule has 0 saturated carbocycles. The van der Waals surface area contributed by atoms with Crippen LogP contribution < -0.4 is 0 Å². The molecule has 1 unspecified atom stereocenters. The van der Waals surface area contributed by atoms with Gasteiger partial charge in [0, 0.05) is 19.0 Å². The number of aliphatic hydroxyl groups excluding tert-OH is 1. The first kappa shape index (κ1) is 20.2. The summed E-state index contributed by atoms with van der Waals surface area (Å²) in [7, 11) is 0. The third-order valence-corrected chi connectivity index (χ3v) is 5.70. The molecule has 156 valence electrons. The summed E-state index contributed by atoms with van der Waals surface area (Å²) >= 11 is 0. The lowest BCUT2D eigenvalue weighted by molar-refractivity contribution is -0.150. The Bertz CT molecular complexity index is 911. The van der Waals surface area contributed by atoms with Gasteiger partial charge in [0.2, 0.25) is 0 Å². The van der Waals surface area contributed by atoms with Crippen LogP contribution in [0.2, 0.25) is 0 Å². The standard InChI is InChI=1S/C24H25NO5/c1-2-11-29-23(27)16-12-17(26)14-25(13-16)24(28)30-15-22-20-9-5-3-7-18(20)19-8-4-6-10-21(19)22/h2-10,16-17,22,26H,1,11-15H2/t16-,17?/m1/s1. The van der Waals surface area contributed by atoms with Gasteiger partial charge in [-0.3, -0.25) is 4.79 Å². The smallest absolute Gasteiger partial charge is 0.409 e. The minimum Gasteiger partial charge on any atom is -0.461 e. The molecule has 0 radical (unpaired) electrons. The monoisotopic (exact) mass is 407 g/mol. The first-order valence-corrected chi connectivity index (χ1v) is 10.1. The molecule has 1 aliphatic heterocycles. The Labute approximate surface area is 175 Å². The number of amides is 1. The number of carbonyl (C=O) groups is 2. The minimum atomic E-state index is -0.791. The fraction of sp³-hybridized carbons (Fsp3) is 0.333. The van der Waals surface area contributed by atoms with Crippen molar-refractivity contribution in [2.45, 2.75) is 18.4 Å². The summed E-state index contributed by atoms with van der Waals surface area (Å²) in [4.78, 5) is 26.3. The SMILES string of the molecule is C=CCOC(=O)[C@@H]1CC(O)CN(C(=O)OCC2c3ccccc3-c3ccccc32)C1. The molecule has 2 aromatic rings. The van der Waals surface area contributed by atoms with Gasteiger partial charge in [-0.05, 0) is 28.7 Å². The number of piperidine rings is 1. The molecule has 1 aliphatic carbocycles. The van der Waals surface area contributed by atoms with Gasteiger partial charge in [-0.25, -0.2) is 4.79 Å². The van der Waals surface area contributed by atoms with Gasteiger partial charge in [-0.15, -0.1) is 0 Å². The fourth-order valence-corrected chi connectivity index (χ4v) is 4.34. The lowest BCUT2D eigenvalue weighted by Crippen LogP contribution is -2.49. The molecule has 1 N–H and O–H groups in total. The summed E-state index contributed by atoms with van der Waals surface area (Å²) in [6.07, 6.45) is 0.432. The molecule has 0 aromatic heterocycles. The van der Waals surface area contributed by atoms with Gasteiger partial charge in [0.05, 0.1) is 12.0 Å². The van der Waals surface area contributed by atoms with Gasteiger partial charge in [0.15, 0.2) is 0 Å². The van der Waals surface area contributed by atoms with E-state index in [9.17, 15) is 14.7 Å². The van der Waals surface area contributed by atoms with Crippen molar-refractivity contribution in [2.24, 2.45) is 5.92 Å². The molecule has 1 saturated heterocycles. The Balaban J connectivity index is 1.43. The summed E-state index contributed by atoms with van der Waals surface area (Å²) in [5.74, 6) is -1.05. The highest BCUT2D eigenvalue weighted by atomic mass is 16.6. The predicted molar refractivity (Wildman–Crippen MR) is 112 cm³/mol. The number of β-amino-alcohol motifs (C(OH)–C–C–N with tert-alkyl or cyclic N) is 1. The van der Waals surface area contributed by atoms with Crippen LogP contribution in [0.5, 0.6) is 0 Å². The molecule has 6 nitrogen and oxygen atoms in total. The Hall–Kier alpha value is -3.12. The second kappa shape index (κ2) is 8.71. The van der Waals surface area contributed by atoms with Crippen LogP contribution in [0.15, 0.2) is 61.2 Å². The number of fused-ring (bicyclic) bond motifs is 3. The average molecular weight is 407 g/mol. The largest absolute Gasteiger partial charge is 0.461 e. The minimum absolute atomic E-state index is 0.0376. The molecule has 0 spiro atoms. The van der Waals surface area contributed by atoms with Crippen molar-refractivity contribution in [2.75, 3.05) is 26.3 Å². The summed E-state index contributed by atoms with van der Waals surface area (Å²) in [6, 6.07) is 16.3. The number of nitrogens with zero attached hydrogens (tertiary/aromatic N) is 1. The average Bonchev–Trinajstić information content (AvgIpc) is 3.09. The van der Waals surface area contributed by atoms with E-state index in [1.807, 2.05) is 24.3 Å². The molecule has 2 atom stereocenters. The van der Waals surface area contributed by atoms with E-state index in [0.29, 0.717) is 0 Å². The second-order valence-electron chi connectivity index (χ2n) is 7.71. The number of carbonyl (C=O) groups excluding carboxylic acids is 2. The normalized spacial score (nSPS) is 20.2. The quantitative estimate of drug-likeness (QED) is 0.608. The van der Waals surface area contributed by atoms with Gasteiger partial charge in [0.25, 0.3) is 0 Å². The molecule has 1 amide bonds. The fourth-order valence-electron chi connectivity index (χ4n) is 4.34. The van der Waals surface area contributed by atoms with Crippen molar-refractivity contribution in [3.05, 3.63) is 72.3 Å². The van der Waals surface area contributed by atoms with Crippen LogP contribution in [-0.4, -0.2) is 54.5 Å². The zero-order valence-electron chi connectivity index (χ0n) is 16.7. The van der Waals surface area contributed by atoms with E-state index in [1.54, 1.807) is 0 Å². The van der Waals surface area contributed by atoms with Gasteiger partial charge in [-0.2, -0.15) is 0 Å². The van der Waals surface area contributed by atoms with E-state index in [-0.39, 0.29) is 38.6 Å². The number of hydrogen-bond donors (Lipinski definition) is 1. The Morgan fingerprint density at radius 1 is 1.03 bits per heavy atom. The molecule has 6 heteroatoms. The lowest BCUT2D eigenvalue weighted by atomic mass is 9.96. The van der Waals surface area contributed by atoms with Crippen molar-refractivity contribution in [3.63, 3.8) is 0 Å². The number of likely N-dealkylation sites (tertiary alicyclic amines) is 1. The van der Waals surface area contributed by atoms with Crippen LogP contribution in [0.1, 0.15) is 23.5 Å². The Morgan fingerprint density at radius 2 is 1.67 bits per heavy atom. The van der Waals surface area contributed by atoms with E-state index < -0.39 is 24.1 Å². The second-order valence-corrected chi connectivity index (χ2v) is 7.71. The molecule has 2 aromatic carbocycles. The van der Waals surface area contributed by atoms with E-state index in [0.717, 1.165) is 22.3 Å². The maximum absolute atomic E-state index is 12.7. The molecule has 2 aliphatic rings. The number of ether oxygens (including phenoxy) is 2. The number of rotatable bonds is 5. The van der Waals surface area contributed by atoms with Gasteiger partial charge in [0.1, 0.15) is 13.2 Å². The summed E-state index contributed by atoms with van der Waals surface area (Å²) in [5.41, 5.74) is 4.59.